The van der Waals surface area contributed by atoms with Crippen LogP contribution >= 0.6 is 0 Å². The lowest BCUT2D eigenvalue weighted by molar-refractivity contribution is 0.0341. The summed E-state index contributed by atoms with van der Waals surface area (Å²) in [4.78, 5) is 19.8. The molecular formula is C15H25N3O2. The van der Waals surface area contributed by atoms with Crippen LogP contribution in [0.3, 0.4) is 0 Å². The quantitative estimate of drug-likeness (QED) is 0.864. The lowest BCUT2D eigenvalue weighted by Crippen LogP contribution is -2.40. The van der Waals surface area contributed by atoms with Gasteiger partial charge < -0.3 is 9.72 Å². The number of morpholine rings is 1. The Bertz CT molecular complexity index is 492. The molecule has 1 aromatic heterocycles. The van der Waals surface area contributed by atoms with Gasteiger partial charge in [0.2, 0.25) is 0 Å². The molecule has 1 aliphatic heterocycles. The van der Waals surface area contributed by atoms with Gasteiger partial charge in [-0.1, -0.05) is 0 Å². The largest absolute Gasteiger partial charge is 0.379 e. The minimum Gasteiger partial charge on any atom is -0.379 e. The van der Waals surface area contributed by atoms with Crippen LogP contribution in [0.2, 0.25) is 0 Å². The summed E-state index contributed by atoms with van der Waals surface area (Å²) in [5.74, 6) is 0. The Labute approximate surface area is 120 Å². The van der Waals surface area contributed by atoms with Crippen LogP contribution in [0.15, 0.2) is 11.0 Å². The van der Waals surface area contributed by atoms with Gasteiger partial charge in [0.25, 0.3) is 0 Å². The molecule has 2 heterocycles. The zero-order valence-corrected chi connectivity index (χ0v) is 12.7. The fourth-order valence-corrected chi connectivity index (χ4v) is 2.45. The number of hydrogen-bond donors (Lipinski definition) is 1. The summed E-state index contributed by atoms with van der Waals surface area (Å²) in [5, 5.41) is 0. The molecule has 0 aromatic carbocycles. The number of aromatic amines is 1. The van der Waals surface area contributed by atoms with E-state index in [9.17, 15) is 4.79 Å². The zero-order chi connectivity index (χ0) is 14.5. The van der Waals surface area contributed by atoms with Gasteiger partial charge >= 0.3 is 0 Å². The smallest absolute Gasteiger partial charge is 0.187 e. The molecule has 0 unspecified atom stereocenters. The average molecular weight is 279 g/mol. The van der Waals surface area contributed by atoms with Crippen molar-refractivity contribution in [2.24, 2.45) is 0 Å². The molecule has 0 atom stereocenters. The molecular weight excluding hydrogens is 254 g/mol. The standard InChI is InChI=1S/C15H25N3O2/c1-12-10-16-14(13(2)15(12)19)11-17(3)4-5-18-6-8-20-9-7-18/h10H,4-9,11H2,1-3H3,(H,16,19). The highest BCUT2D eigenvalue weighted by Gasteiger charge is 2.12. The van der Waals surface area contributed by atoms with Crippen LogP contribution < -0.4 is 5.43 Å². The highest BCUT2D eigenvalue weighted by atomic mass is 16.5. The number of aryl methyl sites for hydroxylation is 1. The van der Waals surface area contributed by atoms with Crippen molar-refractivity contribution >= 4 is 0 Å². The minimum atomic E-state index is 0.153. The van der Waals surface area contributed by atoms with E-state index in [1.54, 1.807) is 6.20 Å². The molecule has 0 amide bonds. The maximum Gasteiger partial charge on any atom is 0.187 e. The topological polar surface area (TPSA) is 48.6 Å². The molecule has 5 nitrogen and oxygen atoms in total. The number of hydrogen-bond acceptors (Lipinski definition) is 4. The summed E-state index contributed by atoms with van der Waals surface area (Å²) < 4.78 is 5.35. The number of H-pyrrole nitrogens is 1. The Morgan fingerprint density at radius 2 is 2.05 bits per heavy atom. The van der Waals surface area contributed by atoms with Crippen LogP contribution in [0.25, 0.3) is 0 Å². The highest BCUT2D eigenvalue weighted by molar-refractivity contribution is 5.23. The first-order valence-electron chi connectivity index (χ1n) is 7.24. The van der Waals surface area contributed by atoms with E-state index in [1.807, 2.05) is 13.8 Å². The van der Waals surface area contributed by atoms with Crippen molar-refractivity contribution in [2.45, 2.75) is 20.4 Å². The third kappa shape index (κ3) is 3.91. The van der Waals surface area contributed by atoms with Crippen molar-refractivity contribution in [3.8, 4) is 0 Å². The molecule has 1 aliphatic rings. The Kier molecular flexibility index (Phi) is 5.34. The molecule has 1 saturated heterocycles. The molecule has 0 spiro atoms. The lowest BCUT2D eigenvalue weighted by atomic mass is 10.1. The van der Waals surface area contributed by atoms with E-state index in [0.29, 0.717) is 0 Å². The molecule has 112 valence electrons. The van der Waals surface area contributed by atoms with Crippen molar-refractivity contribution in [3.05, 3.63) is 33.2 Å². The fraction of sp³-hybridized carbons (Fsp3) is 0.667. The van der Waals surface area contributed by atoms with Crippen molar-refractivity contribution in [3.63, 3.8) is 0 Å². The monoisotopic (exact) mass is 279 g/mol. The van der Waals surface area contributed by atoms with Gasteiger partial charge in [-0.05, 0) is 20.9 Å². The van der Waals surface area contributed by atoms with Crippen LogP contribution in [0, 0.1) is 13.8 Å². The minimum absolute atomic E-state index is 0.153. The Morgan fingerprint density at radius 3 is 2.75 bits per heavy atom. The summed E-state index contributed by atoms with van der Waals surface area (Å²) in [5.41, 5.74) is 2.79. The van der Waals surface area contributed by atoms with E-state index in [1.165, 1.54) is 0 Å². The van der Waals surface area contributed by atoms with E-state index in [2.05, 4.69) is 21.8 Å². The molecule has 20 heavy (non-hydrogen) atoms. The molecule has 1 fully saturated rings. The van der Waals surface area contributed by atoms with E-state index >= 15 is 0 Å². The van der Waals surface area contributed by atoms with Crippen molar-refractivity contribution in [2.75, 3.05) is 46.4 Å². The van der Waals surface area contributed by atoms with Crippen molar-refractivity contribution < 1.29 is 4.74 Å². The number of rotatable bonds is 5. The number of aromatic nitrogens is 1. The first-order valence-corrected chi connectivity index (χ1v) is 7.24. The second-order valence-corrected chi connectivity index (χ2v) is 5.60. The summed E-state index contributed by atoms with van der Waals surface area (Å²) >= 11 is 0. The van der Waals surface area contributed by atoms with Gasteiger partial charge in [0.05, 0.1) is 13.2 Å². The Hall–Kier alpha value is -1.17. The van der Waals surface area contributed by atoms with Crippen molar-refractivity contribution in [1.29, 1.82) is 0 Å². The van der Waals surface area contributed by atoms with Crippen LogP contribution in [0.5, 0.6) is 0 Å². The predicted octanol–water partition coefficient (Wildman–Crippen LogP) is 0.756. The number of nitrogens with zero attached hydrogens (tertiary/aromatic N) is 2. The van der Waals surface area contributed by atoms with Gasteiger partial charge in [-0.15, -0.1) is 0 Å². The van der Waals surface area contributed by atoms with Gasteiger partial charge in [-0.3, -0.25) is 14.6 Å². The second kappa shape index (κ2) is 7.02. The number of nitrogens with one attached hydrogen (secondary N) is 1. The summed E-state index contributed by atoms with van der Waals surface area (Å²) in [6.07, 6.45) is 1.81. The Balaban J connectivity index is 1.86. The summed E-state index contributed by atoms with van der Waals surface area (Å²) in [7, 11) is 2.10. The maximum atomic E-state index is 11.9. The van der Waals surface area contributed by atoms with Gasteiger partial charge in [-0.25, -0.2) is 0 Å². The van der Waals surface area contributed by atoms with Crippen LogP contribution in [0.1, 0.15) is 16.8 Å². The fourth-order valence-electron chi connectivity index (χ4n) is 2.45. The SMILES string of the molecule is Cc1c[nH]c(CN(C)CCN2CCOCC2)c(C)c1=O. The molecule has 0 radical (unpaired) electrons. The van der Waals surface area contributed by atoms with E-state index in [-0.39, 0.29) is 5.43 Å². The van der Waals surface area contributed by atoms with Gasteiger partial charge in [0.15, 0.2) is 5.43 Å². The lowest BCUT2D eigenvalue weighted by Gasteiger charge is -2.28. The van der Waals surface area contributed by atoms with Crippen LogP contribution in [-0.4, -0.2) is 61.2 Å². The van der Waals surface area contributed by atoms with Crippen LogP contribution in [-0.2, 0) is 11.3 Å². The molecule has 0 bridgehead atoms. The van der Waals surface area contributed by atoms with E-state index in [0.717, 1.165) is 62.8 Å². The first-order chi connectivity index (χ1) is 9.58. The third-order valence-electron chi connectivity index (χ3n) is 3.94. The second-order valence-electron chi connectivity index (χ2n) is 5.60. The zero-order valence-electron chi connectivity index (χ0n) is 12.7. The van der Waals surface area contributed by atoms with Crippen LogP contribution in [0.4, 0.5) is 0 Å². The van der Waals surface area contributed by atoms with E-state index in [4.69, 9.17) is 4.74 Å². The summed E-state index contributed by atoms with van der Waals surface area (Å²) in [6.45, 7) is 10.3. The molecule has 0 aliphatic carbocycles. The third-order valence-corrected chi connectivity index (χ3v) is 3.94. The average Bonchev–Trinajstić information content (AvgIpc) is 2.47. The molecule has 1 N–H and O–H groups in total. The van der Waals surface area contributed by atoms with Gasteiger partial charge in [0.1, 0.15) is 0 Å². The number of pyridine rings is 1. The first kappa shape index (κ1) is 15.2. The maximum absolute atomic E-state index is 11.9. The van der Waals surface area contributed by atoms with E-state index < -0.39 is 0 Å². The van der Waals surface area contributed by atoms with Gasteiger partial charge in [0, 0.05) is 55.7 Å². The van der Waals surface area contributed by atoms with Gasteiger partial charge in [-0.2, -0.15) is 0 Å². The number of ether oxygens (including phenoxy) is 1. The molecule has 2 rings (SSSR count). The van der Waals surface area contributed by atoms with Crippen molar-refractivity contribution in [1.82, 2.24) is 14.8 Å². The molecule has 0 saturated carbocycles. The Morgan fingerprint density at radius 1 is 1.35 bits per heavy atom. The normalized spacial score (nSPS) is 16.8. The molecule has 5 heteroatoms. The predicted molar refractivity (Wildman–Crippen MR) is 80.1 cm³/mol. The summed E-state index contributed by atoms with van der Waals surface area (Å²) in [6, 6.07) is 0. The molecule has 1 aromatic rings. The number of likely N-dealkylation sites (N-methyl/N-ethyl adjacent to an activating group) is 1. The highest BCUT2D eigenvalue weighted by Crippen LogP contribution is 2.05.